The molecule has 1 N–H and O–H groups in total. The number of carbonyl (C=O) groups is 1. The highest BCUT2D eigenvalue weighted by Gasteiger charge is 2.43. The molecule has 0 unspecified atom stereocenters. The first kappa shape index (κ1) is 24.4. The molecule has 1 aliphatic heterocycles. The summed E-state index contributed by atoms with van der Waals surface area (Å²) in [6.45, 7) is 23.4. The lowest BCUT2D eigenvalue weighted by Gasteiger charge is -2.41. The Morgan fingerprint density at radius 1 is 1.04 bits per heavy atom. The fourth-order valence-electron chi connectivity index (χ4n) is 2.37. The molecule has 1 rings (SSSR count). The minimum absolute atomic E-state index is 0.0687. The maximum absolute atomic E-state index is 12.6. The topological polar surface area (TPSA) is 56.8 Å². The zero-order valence-corrected chi connectivity index (χ0v) is 21.3. The van der Waals surface area contributed by atoms with E-state index in [2.05, 4.69) is 73.0 Å². The number of ether oxygens (including phenoxy) is 1. The molecule has 0 spiro atoms. The lowest BCUT2D eigenvalue weighted by Crippen LogP contribution is -2.49. The number of hydrogen-bond acceptors (Lipinski definition) is 5. The van der Waals surface area contributed by atoms with Crippen molar-refractivity contribution in [1.82, 2.24) is 5.32 Å². The molecule has 1 aliphatic rings. The van der Waals surface area contributed by atoms with Gasteiger partial charge in [0.25, 0.3) is 0 Å². The molecule has 0 bridgehead atoms. The van der Waals surface area contributed by atoms with Gasteiger partial charge in [0.1, 0.15) is 0 Å². The largest absolute Gasteiger partial charge is 0.546 e. The SMILES string of the molecule is COC(=O)C1=C(O[Si](C)(C)C(C)(C)C)CCN[C@@H]1CO[Si](C)(C)C(C)(C)C. The molecule has 5 nitrogen and oxygen atoms in total. The van der Waals surface area contributed by atoms with E-state index in [9.17, 15) is 4.79 Å². The summed E-state index contributed by atoms with van der Waals surface area (Å²) in [5.74, 6) is 0.468. The first-order chi connectivity index (χ1) is 12.0. The molecule has 0 aromatic heterocycles. The molecule has 0 fully saturated rings. The average molecular weight is 416 g/mol. The second-order valence-corrected chi connectivity index (χ2v) is 20.1. The number of hydrogen-bond donors (Lipinski definition) is 1. The van der Waals surface area contributed by atoms with Crippen molar-refractivity contribution in [3.8, 4) is 0 Å². The zero-order chi connectivity index (χ0) is 21.3. The van der Waals surface area contributed by atoms with Crippen LogP contribution in [0.3, 0.4) is 0 Å². The third-order valence-corrected chi connectivity index (χ3v) is 15.3. The Bertz CT molecular complexity index is 572. The van der Waals surface area contributed by atoms with Gasteiger partial charge in [-0.1, -0.05) is 41.5 Å². The van der Waals surface area contributed by atoms with Crippen molar-refractivity contribution < 1.29 is 18.4 Å². The van der Waals surface area contributed by atoms with Gasteiger partial charge >= 0.3 is 5.97 Å². The maximum Gasteiger partial charge on any atom is 0.338 e. The summed E-state index contributed by atoms with van der Waals surface area (Å²) >= 11 is 0. The van der Waals surface area contributed by atoms with Gasteiger partial charge in [0.2, 0.25) is 8.32 Å². The summed E-state index contributed by atoms with van der Waals surface area (Å²) in [6, 6.07) is -0.194. The molecule has 0 radical (unpaired) electrons. The predicted molar refractivity (Wildman–Crippen MR) is 117 cm³/mol. The highest BCUT2D eigenvalue weighted by molar-refractivity contribution is 6.74. The number of nitrogens with one attached hydrogen (secondary N) is 1. The normalized spacial score (nSPS) is 19.9. The molecule has 158 valence electrons. The first-order valence-corrected chi connectivity index (χ1v) is 15.7. The molecule has 1 atom stereocenters. The second-order valence-electron chi connectivity index (χ2n) is 10.5. The van der Waals surface area contributed by atoms with Crippen molar-refractivity contribution in [2.24, 2.45) is 0 Å². The van der Waals surface area contributed by atoms with E-state index in [0.717, 1.165) is 12.3 Å². The van der Waals surface area contributed by atoms with Crippen LogP contribution in [0.15, 0.2) is 11.3 Å². The summed E-state index contributed by atoms with van der Waals surface area (Å²) in [5.41, 5.74) is 0.604. The van der Waals surface area contributed by atoms with Gasteiger partial charge in [-0.25, -0.2) is 4.79 Å². The Balaban J connectivity index is 3.16. The van der Waals surface area contributed by atoms with Crippen LogP contribution in [0.1, 0.15) is 48.0 Å². The van der Waals surface area contributed by atoms with Crippen molar-refractivity contribution >= 4 is 22.6 Å². The number of esters is 1. The molecular weight excluding hydrogens is 374 g/mol. The summed E-state index contributed by atoms with van der Waals surface area (Å²) in [5, 5.41) is 3.63. The van der Waals surface area contributed by atoms with Crippen LogP contribution in [-0.4, -0.2) is 48.9 Å². The van der Waals surface area contributed by atoms with Crippen LogP contribution in [0.2, 0.25) is 36.3 Å². The summed E-state index contributed by atoms with van der Waals surface area (Å²) in [7, 11) is -2.52. The fraction of sp³-hybridized carbons (Fsp3) is 0.850. The van der Waals surface area contributed by atoms with Crippen LogP contribution < -0.4 is 5.32 Å². The predicted octanol–water partition coefficient (Wildman–Crippen LogP) is 4.82. The third-order valence-electron chi connectivity index (χ3n) is 6.40. The molecule has 7 heteroatoms. The maximum atomic E-state index is 12.6. The van der Waals surface area contributed by atoms with Gasteiger partial charge in [-0.15, -0.1) is 0 Å². The van der Waals surface area contributed by atoms with Crippen LogP contribution >= 0.6 is 0 Å². The van der Waals surface area contributed by atoms with Gasteiger partial charge in [0.15, 0.2) is 8.32 Å². The van der Waals surface area contributed by atoms with Crippen molar-refractivity contribution in [1.29, 1.82) is 0 Å². The van der Waals surface area contributed by atoms with E-state index in [1.165, 1.54) is 7.11 Å². The van der Waals surface area contributed by atoms with E-state index in [1.807, 2.05) is 0 Å². The summed E-state index contributed by atoms with van der Waals surface area (Å²) in [4.78, 5) is 12.6. The van der Waals surface area contributed by atoms with Crippen LogP contribution in [0.25, 0.3) is 0 Å². The van der Waals surface area contributed by atoms with E-state index in [1.54, 1.807) is 0 Å². The molecule has 27 heavy (non-hydrogen) atoms. The highest BCUT2D eigenvalue weighted by atomic mass is 28.4. The quantitative estimate of drug-likeness (QED) is 0.498. The van der Waals surface area contributed by atoms with E-state index in [-0.39, 0.29) is 22.1 Å². The van der Waals surface area contributed by atoms with E-state index in [4.69, 9.17) is 13.6 Å². The fourth-order valence-corrected chi connectivity index (χ4v) is 4.53. The van der Waals surface area contributed by atoms with E-state index in [0.29, 0.717) is 18.6 Å². The summed E-state index contributed by atoms with van der Waals surface area (Å²) in [6.07, 6.45) is 0.702. The monoisotopic (exact) mass is 415 g/mol. The first-order valence-electron chi connectivity index (χ1n) is 9.91. The van der Waals surface area contributed by atoms with Crippen LogP contribution in [0.4, 0.5) is 0 Å². The van der Waals surface area contributed by atoms with Gasteiger partial charge in [-0.05, 0) is 36.3 Å². The lowest BCUT2D eigenvalue weighted by atomic mass is 10.0. The molecule has 0 aliphatic carbocycles. The Morgan fingerprint density at radius 3 is 2.00 bits per heavy atom. The lowest BCUT2D eigenvalue weighted by molar-refractivity contribution is -0.137. The van der Waals surface area contributed by atoms with Gasteiger partial charge in [-0.2, -0.15) is 0 Å². The van der Waals surface area contributed by atoms with Crippen molar-refractivity contribution in [3.63, 3.8) is 0 Å². The molecule has 0 amide bonds. The zero-order valence-electron chi connectivity index (χ0n) is 19.3. The van der Waals surface area contributed by atoms with Gasteiger partial charge in [-0.3, -0.25) is 0 Å². The van der Waals surface area contributed by atoms with Gasteiger partial charge in [0, 0.05) is 13.0 Å². The van der Waals surface area contributed by atoms with Crippen molar-refractivity contribution in [3.05, 3.63) is 11.3 Å². The Morgan fingerprint density at radius 2 is 1.56 bits per heavy atom. The smallest absolute Gasteiger partial charge is 0.338 e. The Labute approximate surface area is 168 Å². The number of methoxy groups -OCH3 is 1. The molecule has 0 saturated heterocycles. The minimum Gasteiger partial charge on any atom is -0.546 e. The number of carbonyl (C=O) groups excluding carboxylic acids is 1. The van der Waals surface area contributed by atoms with E-state index >= 15 is 0 Å². The van der Waals surface area contributed by atoms with Gasteiger partial charge < -0.3 is 18.9 Å². The Kier molecular flexibility index (Phi) is 7.58. The van der Waals surface area contributed by atoms with Crippen LogP contribution in [0, 0.1) is 0 Å². The van der Waals surface area contributed by atoms with Gasteiger partial charge in [0.05, 0.1) is 31.1 Å². The molecular formula is C20H41NO4Si2. The number of rotatable bonds is 6. The molecule has 0 aromatic rings. The standard InChI is InChI=1S/C20H41NO4Si2/c1-19(2,3)26(8,9)24-14-15-17(18(22)23-7)16(12-13-21-15)25-27(10,11)20(4,5)6/h15,21H,12-14H2,1-11H3/t15-/m1/s1. The average Bonchev–Trinajstić information content (AvgIpc) is 2.49. The van der Waals surface area contributed by atoms with Crippen molar-refractivity contribution in [2.75, 3.05) is 20.3 Å². The van der Waals surface area contributed by atoms with E-state index < -0.39 is 16.6 Å². The summed E-state index contributed by atoms with van der Waals surface area (Å²) < 4.78 is 18.0. The minimum atomic E-state index is -2.04. The molecule has 1 heterocycles. The Hall–Kier alpha value is -0.636. The highest BCUT2D eigenvalue weighted by Crippen LogP contribution is 2.40. The van der Waals surface area contributed by atoms with Crippen molar-refractivity contribution in [2.45, 2.75) is 90.3 Å². The second kappa shape index (κ2) is 8.39. The third kappa shape index (κ3) is 5.92. The van der Waals surface area contributed by atoms with Crippen LogP contribution in [-0.2, 0) is 18.4 Å². The molecule has 0 saturated carbocycles. The molecule has 0 aromatic carbocycles. The van der Waals surface area contributed by atoms with Crippen LogP contribution in [0.5, 0.6) is 0 Å².